The molecular formula is C12H11FO2. The maximum atomic E-state index is 13.6. The van der Waals surface area contributed by atoms with Crippen molar-refractivity contribution in [3.8, 4) is 0 Å². The SMILES string of the molecule is O=C(O)C1(c2ccccc2F)CC=CC1. The summed E-state index contributed by atoms with van der Waals surface area (Å²) in [6.07, 6.45) is 4.31. The lowest BCUT2D eigenvalue weighted by molar-refractivity contribution is -0.143. The molecule has 1 aliphatic rings. The largest absolute Gasteiger partial charge is 0.481 e. The number of halogens is 1. The molecule has 15 heavy (non-hydrogen) atoms. The van der Waals surface area contributed by atoms with Crippen LogP contribution < -0.4 is 0 Å². The van der Waals surface area contributed by atoms with Gasteiger partial charge in [-0.15, -0.1) is 0 Å². The monoisotopic (exact) mass is 206 g/mol. The Morgan fingerprint density at radius 3 is 2.40 bits per heavy atom. The molecule has 1 aromatic rings. The summed E-state index contributed by atoms with van der Waals surface area (Å²) < 4.78 is 13.6. The summed E-state index contributed by atoms with van der Waals surface area (Å²) in [4.78, 5) is 11.3. The van der Waals surface area contributed by atoms with Gasteiger partial charge in [-0.2, -0.15) is 0 Å². The minimum atomic E-state index is -1.09. The lowest BCUT2D eigenvalue weighted by atomic mass is 9.78. The van der Waals surface area contributed by atoms with Gasteiger partial charge in [0.05, 0.1) is 0 Å². The van der Waals surface area contributed by atoms with E-state index < -0.39 is 17.2 Å². The number of benzene rings is 1. The van der Waals surface area contributed by atoms with Gasteiger partial charge in [0.2, 0.25) is 0 Å². The van der Waals surface area contributed by atoms with Crippen molar-refractivity contribution in [1.29, 1.82) is 0 Å². The molecular weight excluding hydrogens is 195 g/mol. The van der Waals surface area contributed by atoms with Gasteiger partial charge in [-0.3, -0.25) is 4.79 Å². The molecule has 0 saturated heterocycles. The summed E-state index contributed by atoms with van der Waals surface area (Å²) in [5.74, 6) is -1.40. The second kappa shape index (κ2) is 3.50. The molecule has 0 saturated carbocycles. The van der Waals surface area contributed by atoms with Crippen LogP contribution in [0.25, 0.3) is 0 Å². The summed E-state index contributed by atoms with van der Waals surface area (Å²) >= 11 is 0. The lowest BCUT2D eigenvalue weighted by Crippen LogP contribution is -2.33. The Kier molecular flexibility index (Phi) is 2.31. The zero-order valence-corrected chi connectivity index (χ0v) is 8.11. The molecule has 1 N–H and O–H groups in total. The first kappa shape index (κ1) is 9.90. The fourth-order valence-electron chi connectivity index (χ4n) is 2.01. The van der Waals surface area contributed by atoms with E-state index in [0.29, 0.717) is 12.8 Å². The van der Waals surface area contributed by atoms with Crippen LogP contribution in [0.4, 0.5) is 4.39 Å². The molecule has 0 radical (unpaired) electrons. The number of hydrogen-bond acceptors (Lipinski definition) is 1. The zero-order chi connectivity index (χ0) is 10.9. The van der Waals surface area contributed by atoms with Gasteiger partial charge in [0.1, 0.15) is 11.2 Å². The minimum Gasteiger partial charge on any atom is -0.481 e. The topological polar surface area (TPSA) is 37.3 Å². The quantitative estimate of drug-likeness (QED) is 0.755. The number of hydrogen-bond donors (Lipinski definition) is 1. The fraction of sp³-hybridized carbons (Fsp3) is 0.250. The average Bonchev–Trinajstić information content (AvgIpc) is 2.68. The number of carboxylic acid groups (broad SMARTS) is 1. The summed E-state index contributed by atoms with van der Waals surface area (Å²) in [6.45, 7) is 0. The first-order valence-corrected chi connectivity index (χ1v) is 4.80. The zero-order valence-electron chi connectivity index (χ0n) is 8.11. The highest BCUT2D eigenvalue weighted by Gasteiger charge is 2.42. The molecule has 0 aliphatic heterocycles. The van der Waals surface area contributed by atoms with Gasteiger partial charge < -0.3 is 5.11 Å². The molecule has 0 bridgehead atoms. The van der Waals surface area contributed by atoms with Crippen LogP contribution in [0.15, 0.2) is 36.4 Å². The van der Waals surface area contributed by atoms with Crippen LogP contribution >= 0.6 is 0 Å². The molecule has 0 atom stereocenters. The normalized spacial score (nSPS) is 17.9. The average molecular weight is 206 g/mol. The van der Waals surface area contributed by atoms with Gasteiger partial charge in [-0.25, -0.2) is 4.39 Å². The summed E-state index contributed by atoms with van der Waals surface area (Å²) in [7, 11) is 0. The second-order valence-corrected chi connectivity index (χ2v) is 3.75. The van der Waals surface area contributed by atoms with E-state index in [0.717, 1.165) is 0 Å². The highest BCUT2D eigenvalue weighted by Crippen LogP contribution is 2.38. The van der Waals surface area contributed by atoms with Gasteiger partial charge in [-0.1, -0.05) is 30.4 Å². The number of rotatable bonds is 2. The van der Waals surface area contributed by atoms with E-state index in [2.05, 4.69) is 0 Å². The molecule has 0 aromatic heterocycles. The van der Waals surface area contributed by atoms with Crippen LogP contribution in [-0.4, -0.2) is 11.1 Å². The van der Waals surface area contributed by atoms with E-state index in [4.69, 9.17) is 0 Å². The Morgan fingerprint density at radius 1 is 1.27 bits per heavy atom. The smallest absolute Gasteiger partial charge is 0.314 e. The summed E-state index contributed by atoms with van der Waals surface area (Å²) in [6, 6.07) is 6.09. The Balaban J connectivity index is 2.51. The third kappa shape index (κ3) is 1.44. The van der Waals surface area contributed by atoms with Gasteiger partial charge in [0.15, 0.2) is 0 Å². The van der Waals surface area contributed by atoms with Crippen molar-refractivity contribution in [1.82, 2.24) is 0 Å². The first-order chi connectivity index (χ1) is 7.17. The molecule has 2 nitrogen and oxygen atoms in total. The molecule has 0 heterocycles. The minimum absolute atomic E-state index is 0.280. The predicted octanol–water partition coefficient (Wildman–Crippen LogP) is 2.50. The highest BCUT2D eigenvalue weighted by molar-refractivity contribution is 5.82. The summed E-state index contributed by atoms with van der Waals surface area (Å²) in [5.41, 5.74) is -0.812. The number of carboxylic acids is 1. The number of allylic oxidation sites excluding steroid dienone is 2. The van der Waals surface area contributed by atoms with Crippen molar-refractivity contribution in [3.05, 3.63) is 47.8 Å². The lowest BCUT2D eigenvalue weighted by Gasteiger charge is -2.24. The van der Waals surface area contributed by atoms with Crippen LogP contribution in [0.1, 0.15) is 18.4 Å². The van der Waals surface area contributed by atoms with Crippen molar-refractivity contribution in [2.45, 2.75) is 18.3 Å². The maximum absolute atomic E-state index is 13.6. The van der Waals surface area contributed by atoms with E-state index in [1.165, 1.54) is 6.07 Å². The maximum Gasteiger partial charge on any atom is 0.314 e. The van der Waals surface area contributed by atoms with E-state index in [1.54, 1.807) is 30.4 Å². The van der Waals surface area contributed by atoms with Crippen LogP contribution in [0, 0.1) is 5.82 Å². The van der Waals surface area contributed by atoms with Crippen molar-refractivity contribution < 1.29 is 14.3 Å². The highest BCUT2D eigenvalue weighted by atomic mass is 19.1. The standard InChI is InChI=1S/C12H11FO2/c13-10-6-2-1-5-9(10)12(11(14)15)7-3-4-8-12/h1-6H,7-8H2,(H,14,15). The molecule has 78 valence electrons. The molecule has 0 fully saturated rings. The van der Waals surface area contributed by atoms with Gasteiger partial charge in [0, 0.05) is 5.56 Å². The van der Waals surface area contributed by atoms with Crippen molar-refractivity contribution in [3.63, 3.8) is 0 Å². The van der Waals surface area contributed by atoms with E-state index in [9.17, 15) is 14.3 Å². The third-order valence-corrected chi connectivity index (χ3v) is 2.90. The Labute approximate surface area is 87.0 Å². The van der Waals surface area contributed by atoms with Crippen molar-refractivity contribution >= 4 is 5.97 Å². The number of carbonyl (C=O) groups is 1. The van der Waals surface area contributed by atoms with E-state index in [1.807, 2.05) is 0 Å². The van der Waals surface area contributed by atoms with Crippen LogP contribution in [0.3, 0.4) is 0 Å². The summed E-state index contributed by atoms with van der Waals surface area (Å²) in [5, 5.41) is 9.23. The molecule has 3 heteroatoms. The Bertz CT molecular complexity index is 415. The van der Waals surface area contributed by atoms with Gasteiger partial charge in [0.25, 0.3) is 0 Å². The van der Waals surface area contributed by atoms with Gasteiger partial charge in [-0.05, 0) is 18.9 Å². The molecule has 1 aliphatic carbocycles. The van der Waals surface area contributed by atoms with E-state index >= 15 is 0 Å². The van der Waals surface area contributed by atoms with Crippen LogP contribution in [0.2, 0.25) is 0 Å². The van der Waals surface area contributed by atoms with Crippen molar-refractivity contribution in [2.75, 3.05) is 0 Å². The van der Waals surface area contributed by atoms with Crippen molar-refractivity contribution in [2.24, 2.45) is 0 Å². The molecule has 0 amide bonds. The molecule has 1 aromatic carbocycles. The Hall–Kier alpha value is -1.64. The predicted molar refractivity (Wildman–Crippen MR) is 54.1 cm³/mol. The fourth-order valence-corrected chi connectivity index (χ4v) is 2.01. The van der Waals surface area contributed by atoms with E-state index in [-0.39, 0.29) is 5.56 Å². The third-order valence-electron chi connectivity index (χ3n) is 2.90. The Morgan fingerprint density at radius 2 is 1.87 bits per heavy atom. The first-order valence-electron chi connectivity index (χ1n) is 4.80. The molecule has 0 spiro atoms. The molecule has 0 unspecified atom stereocenters. The molecule has 2 rings (SSSR count). The van der Waals surface area contributed by atoms with Crippen LogP contribution in [0.5, 0.6) is 0 Å². The van der Waals surface area contributed by atoms with Crippen LogP contribution in [-0.2, 0) is 10.2 Å². The second-order valence-electron chi connectivity index (χ2n) is 3.75. The number of aliphatic carboxylic acids is 1. The van der Waals surface area contributed by atoms with Gasteiger partial charge >= 0.3 is 5.97 Å².